The number of aromatic nitrogens is 2. The van der Waals surface area contributed by atoms with Crippen LogP contribution in [0.5, 0.6) is 0 Å². The van der Waals surface area contributed by atoms with E-state index in [1.54, 1.807) is 6.07 Å². The van der Waals surface area contributed by atoms with E-state index >= 15 is 0 Å². The maximum Gasteiger partial charge on any atom is 0.336 e. The molecule has 2 heterocycles. The van der Waals surface area contributed by atoms with Crippen LogP contribution in [0.2, 0.25) is 0 Å². The van der Waals surface area contributed by atoms with Crippen LogP contribution >= 0.6 is 0 Å². The van der Waals surface area contributed by atoms with Crippen molar-refractivity contribution in [1.29, 1.82) is 0 Å². The van der Waals surface area contributed by atoms with Gasteiger partial charge in [-0.3, -0.25) is 4.79 Å². The first kappa shape index (κ1) is 16.6. The fourth-order valence-corrected chi connectivity index (χ4v) is 3.36. The molecule has 0 aliphatic carbocycles. The summed E-state index contributed by atoms with van der Waals surface area (Å²) in [6, 6.07) is 7.27. The van der Waals surface area contributed by atoms with Gasteiger partial charge >= 0.3 is 5.22 Å². The summed E-state index contributed by atoms with van der Waals surface area (Å²) in [4.78, 5) is 13.6. The third kappa shape index (κ3) is 3.62. The van der Waals surface area contributed by atoms with Crippen LogP contribution in [-0.4, -0.2) is 61.5 Å². The SMILES string of the molecule is Cc1cccc(-c2nnc(S(=O)(=O)CC(=O)N3CCOCC3)o2)c1. The second-order valence-corrected chi connectivity index (χ2v) is 7.36. The molecular weight excluding hydrogens is 334 g/mol. The summed E-state index contributed by atoms with van der Waals surface area (Å²) in [5.74, 6) is -1.08. The van der Waals surface area contributed by atoms with Gasteiger partial charge in [-0.15, -0.1) is 5.10 Å². The molecule has 0 bridgehead atoms. The third-order valence-corrected chi connectivity index (χ3v) is 4.94. The first-order valence-electron chi connectivity index (χ1n) is 7.44. The lowest BCUT2D eigenvalue weighted by Crippen LogP contribution is -2.43. The Morgan fingerprint density at radius 3 is 2.71 bits per heavy atom. The number of nitrogens with zero attached hydrogens (tertiary/aromatic N) is 3. The summed E-state index contributed by atoms with van der Waals surface area (Å²) >= 11 is 0. The lowest BCUT2D eigenvalue weighted by molar-refractivity contribution is -0.132. The molecule has 0 saturated carbocycles. The van der Waals surface area contributed by atoms with Crippen molar-refractivity contribution in [3.63, 3.8) is 0 Å². The zero-order chi connectivity index (χ0) is 17.2. The molecule has 2 aromatic rings. The summed E-state index contributed by atoms with van der Waals surface area (Å²) in [6.45, 7) is 3.48. The van der Waals surface area contributed by atoms with Gasteiger partial charge in [-0.05, 0) is 19.1 Å². The van der Waals surface area contributed by atoms with Gasteiger partial charge in [0.25, 0.3) is 0 Å². The topological polar surface area (TPSA) is 103 Å². The van der Waals surface area contributed by atoms with Gasteiger partial charge in [-0.1, -0.05) is 22.8 Å². The minimum atomic E-state index is -3.98. The number of carbonyl (C=O) groups excluding carboxylic acids is 1. The standard InChI is InChI=1S/C15H17N3O5S/c1-11-3-2-4-12(9-11)14-16-17-15(23-14)24(20,21)10-13(19)18-5-7-22-8-6-18/h2-4,9H,5-8,10H2,1H3. The Morgan fingerprint density at radius 1 is 1.25 bits per heavy atom. The molecule has 1 aromatic carbocycles. The van der Waals surface area contributed by atoms with Crippen LogP contribution < -0.4 is 0 Å². The van der Waals surface area contributed by atoms with E-state index in [0.717, 1.165) is 5.56 Å². The molecule has 1 saturated heterocycles. The van der Waals surface area contributed by atoms with E-state index in [1.807, 2.05) is 25.1 Å². The van der Waals surface area contributed by atoms with Crippen LogP contribution in [-0.2, 0) is 19.4 Å². The van der Waals surface area contributed by atoms with E-state index in [2.05, 4.69) is 10.2 Å². The molecule has 9 heteroatoms. The average Bonchev–Trinajstić information content (AvgIpc) is 3.06. The molecule has 1 fully saturated rings. The van der Waals surface area contributed by atoms with Crippen molar-refractivity contribution in [3.8, 4) is 11.5 Å². The number of amides is 1. The number of carbonyl (C=O) groups is 1. The Hall–Kier alpha value is -2.26. The highest BCUT2D eigenvalue weighted by Crippen LogP contribution is 2.21. The smallest absolute Gasteiger partial charge is 0.336 e. The van der Waals surface area contributed by atoms with Gasteiger partial charge in [0.2, 0.25) is 21.6 Å². The Morgan fingerprint density at radius 2 is 2.00 bits per heavy atom. The Bertz CT molecular complexity index is 840. The number of hydrogen-bond acceptors (Lipinski definition) is 7. The van der Waals surface area contributed by atoms with Crippen LogP contribution in [0.1, 0.15) is 5.56 Å². The van der Waals surface area contributed by atoms with Crippen molar-refractivity contribution in [3.05, 3.63) is 29.8 Å². The molecule has 24 heavy (non-hydrogen) atoms. The molecule has 0 spiro atoms. The predicted molar refractivity (Wildman–Crippen MR) is 83.9 cm³/mol. The molecule has 1 aliphatic rings. The van der Waals surface area contributed by atoms with Gasteiger partial charge in [-0.2, -0.15) is 0 Å². The highest BCUT2D eigenvalue weighted by molar-refractivity contribution is 7.91. The van der Waals surface area contributed by atoms with Gasteiger partial charge in [0.1, 0.15) is 5.75 Å². The number of benzene rings is 1. The maximum atomic E-state index is 12.3. The van der Waals surface area contributed by atoms with Crippen molar-refractivity contribution >= 4 is 15.7 Å². The maximum absolute atomic E-state index is 12.3. The van der Waals surface area contributed by atoms with Crippen molar-refractivity contribution < 1.29 is 22.4 Å². The molecule has 128 valence electrons. The number of hydrogen-bond donors (Lipinski definition) is 0. The van der Waals surface area contributed by atoms with Crippen LogP contribution in [0.25, 0.3) is 11.5 Å². The zero-order valence-electron chi connectivity index (χ0n) is 13.1. The number of rotatable bonds is 4. The number of ether oxygens (including phenoxy) is 1. The Kier molecular flexibility index (Phi) is 4.63. The monoisotopic (exact) mass is 351 g/mol. The minimum absolute atomic E-state index is 0.107. The van der Waals surface area contributed by atoms with E-state index in [1.165, 1.54) is 4.90 Å². The van der Waals surface area contributed by atoms with Gasteiger partial charge < -0.3 is 14.1 Å². The highest BCUT2D eigenvalue weighted by atomic mass is 32.2. The van der Waals surface area contributed by atoms with Crippen molar-refractivity contribution in [2.24, 2.45) is 0 Å². The van der Waals surface area contributed by atoms with Gasteiger partial charge in [0, 0.05) is 18.7 Å². The molecule has 0 N–H and O–H groups in total. The minimum Gasteiger partial charge on any atom is -0.408 e. The number of morpholine rings is 1. The summed E-state index contributed by atoms with van der Waals surface area (Å²) in [5.41, 5.74) is 1.61. The van der Waals surface area contributed by atoms with E-state index in [9.17, 15) is 13.2 Å². The molecule has 1 aliphatic heterocycles. The normalized spacial score (nSPS) is 15.5. The van der Waals surface area contributed by atoms with E-state index in [4.69, 9.17) is 9.15 Å². The summed E-state index contributed by atoms with van der Waals surface area (Å²) < 4.78 is 35.1. The first-order chi connectivity index (χ1) is 11.5. The third-order valence-electron chi connectivity index (χ3n) is 3.61. The lowest BCUT2D eigenvalue weighted by Gasteiger charge is -2.26. The summed E-state index contributed by atoms with van der Waals surface area (Å²) in [6.07, 6.45) is 0. The van der Waals surface area contributed by atoms with Gasteiger partial charge in [-0.25, -0.2) is 8.42 Å². The fraction of sp³-hybridized carbons (Fsp3) is 0.400. The molecule has 3 rings (SSSR count). The quantitative estimate of drug-likeness (QED) is 0.798. The van der Waals surface area contributed by atoms with E-state index < -0.39 is 26.7 Å². The second-order valence-electron chi connectivity index (χ2n) is 5.49. The van der Waals surface area contributed by atoms with Crippen LogP contribution in [0, 0.1) is 6.92 Å². The number of sulfone groups is 1. The summed E-state index contributed by atoms with van der Waals surface area (Å²) in [7, 11) is -3.98. The van der Waals surface area contributed by atoms with Gasteiger partial charge in [0.15, 0.2) is 0 Å². The lowest BCUT2D eigenvalue weighted by atomic mass is 10.1. The first-order valence-corrected chi connectivity index (χ1v) is 9.10. The van der Waals surface area contributed by atoms with Crippen molar-refractivity contribution in [2.75, 3.05) is 32.1 Å². The predicted octanol–water partition coefficient (Wildman–Crippen LogP) is 0.678. The summed E-state index contributed by atoms with van der Waals surface area (Å²) in [5, 5.41) is 6.82. The largest absolute Gasteiger partial charge is 0.408 e. The Labute approximate surface area is 139 Å². The van der Waals surface area contributed by atoms with Gasteiger partial charge in [0.05, 0.1) is 13.2 Å². The second kappa shape index (κ2) is 6.70. The van der Waals surface area contributed by atoms with E-state index in [0.29, 0.717) is 31.9 Å². The molecule has 0 radical (unpaired) electrons. The molecule has 1 aromatic heterocycles. The highest BCUT2D eigenvalue weighted by Gasteiger charge is 2.29. The molecule has 0 unspecified atom stereocenters. The molecule has 0 atom stereocenters. The fourth-order valence-electron chi connectivity index (χ4n) is 2.36. The number of aryl methyl sites for hydroxylation is 1. The van der Waals surface area contributed by atoms with Crippen LogP contribution in [0.4, 0.5) is 0 Å². The Balaban J connectivity index is 1.76. The van der Waals surface area contributed by atoms with Crippen molar-refractivity contribution in [2.45, 2.75) is 12.1 Å². The zero-order valence-corrected chi connectivity index (χ0v) is 14.0. The molecule has 8 nitrogen and oxygen atoms in total. The molecule has 1 amide bonds. The average molecular weight is 351 g/mol. The molecular formula is C15H17N3O5S. The van der Waals surface area contributed by atoms with Crippen LogP contribution in [0.3, 0.4) is 0 Å². The van der Waals surface area contributed by atoms with Crippen LogP contribution in [0.15, 0.2) is 33.9 Å². The van der Waals surface area contributed by atoms with Crippen molar-refractivity contribution in [1.82, 2.24) is 15.1 Å². The van der Waals surface area contributed by atoms with E-state index in [-0.39, 0.29) is 5.89 Å².